The molecular weight excluding hydrogens is 152 g/mol. The number of fused-ring (bicyclic) bond motifs is 1. The van der Waals surface area contributed by atoms with Crippen molar-refractivity contribution in [3.63, 3.8) is 0 Å². The number of thiol groups is 1. The van der Waals surface area contributed by atoms with Gasteiger partial charge in [-0.15, -0.1) is 12.6 Å². The van der Waals surface area contributed by atoms with Crippen molar-refractivity contribution in [3.8, 4) is 0 Å². The van der Waals surface area contributed by atoms with E-state index in [1.54, 1.807) is 0 Å². The van der Waals surface area contributed by atoms with Crippen LogP contribution in [0.1, 0.15) is 0 Å². The molecule has 0 aliphatic carbocycles. The van der Waals surface area contributed by atoms with Crippen LogP contribution in [0.3, 0.4) is 0 Å². The Morgan fingerprint density at radius 1 is 1.09 bits per heavy atom. The monoisotopic (exact) mass is 159 g/mol. The number of rotatable bonds is 0. The summed E-state index contributed by atoms with van der Waals surface area (Å²) < 4.78 is 0. The minimum absolute atomic E-state index is 1.01. The van der Waals surface area contributed by atoms with Crippen molar-refractivity contribution in [3.05, 3.63) is 42.5 Å². The summed E-state index contributed by atoms with van der Waals surface area (Å²) in [6, 6.07) is 15.1. The molecule has 0 fully saturated rings. The predicted molar refractivity (Wildman–Crippen MR) is 50.0 cm³/mol. The van der Waals surface area contributed by atoms with Crippen molar-refractivity contribution in [1.29, 1.82) is 0 Å². The van der Waals surface area contributed by atoms with E-state index >= 15 is 0 Å². The van der Waals surface area contributed by atoms with Crippen LogP contribution in [0.15, 0.2) is 41.3 Å². The molecule has 0 unspecified atom stereocenters. The lowest BCUT2D eigenvalue weighted by Crippen LogP contribution is -1.72. The summed E-state index contributed by atoms with van der Waals surface area (Å²) in [5.41, 5.74) is 0. The molecule has 11 heavy (non-hydrogen) atoms. The van der Waals surface area contributed by atoms with Gasteiger partial charge in [-0.1, -0.05) is 30.3 Å². The Bertz CT molecular complexity index is 374. The zero-order valence-electron chi connectivity index (χ0n) is 5.91. The number of hydrogen-bond donors (Lipinski definition) is 1. The van der Waals surface area contributed by atoms with Crippen LogP contribution in [-0.4, -0.2) is 0 Å². The van der Waals surface area contributed by atoms with Gasteiger partial charge in [-0.05, 0) is 22.9 Å². The third kappa shape index (κ3) is 1.12. The largest absolute Gasteiger partial charge is 0.143 e. The summed E-state index contributed by atoms with van der Waals surface area (Å²) >= 11 is 4.33. The SMILES string of the molecule is Sc1cc[c]c2ccccc12. The molecule has 2 aromatic rings. The molecule has 0 aliphatic heterocycles. The maximum absolute atomic E-state index is 4.33. The normalized spacial score (nSPS) is 10.3. The second-order valence-corrected chi connectivity index (χ2v) is 2.89. The molecule has 2 rings (SSSR count). The highest BCUT2D eigenvalue weighted by molar-refractivity contribution is 7.80. The van der Waals surface area contributed by atoms with Crippen LogP contribution < -0.4 is 0 Å². The van der Waals surface area contributed by atoms with Gasteiger partial charge < -0.3 is 0 Å². The average molecular weight is 159 g/mol. The van der Waals surface area contributed by atoms with Crippen molar-refractivity contribution in [2.75, 3.05) is 0 Å². The van der Waals surface area contributed by atoms with E-state index in [1.807, 2.05) is 36.4 Å². The molecule has 0 saturated carbocycles. The smallest absolute Gasteiger partial charge is 0.0119 e. The standard InChI is InChI=1S/C10H7S/c11-10-7-3-5-8-4-1-2-6-9(8)10/h1-4,6-7,11H. The zero-order valence-corrected chi connectivity index (χ0v) is 6.81. The molecule has 0 aromatic heterocycles. The Kier molecular flexibility index (Phi) is 1.59. The van der Waals surface area contributed by atoms with Gasteiger partial charge in [-0.3, -0.25) is 0 Å². The van der Waals surface area contributed by atoms with E-state index in [9.17, 15) is 0 Å². The lowest BCUT2D eigenvalue weighted by molar-refractivity contribution is 1.55. The van der Waals surface area contributed by atoms with Crippen molar-refractivity contribution in [2.45, 2.75) is 4.90 Å². The van der Waals surface area contributed by atoms with Gasteiger partial charge >= 0.3 is 0 Å². The first-order valence-electron chi connectivity index (χ1n) is 3.46. The van der Waals surface area contributed by atoms with Crippen LogP contribution in [0.4, 0.5) is 0 Å². The van der Waals surface area contributed by atoms with Gasteiger partial charge in [-0.25, -0.2) is 0 Å². The lowest BCUT2D eigenvalue weighted by atomic mass is 10.1. The number of hydrogen-bond acceptors (Lipinski definition) is 1. The molecule has 1 radical (unpaired) electrons. The van der Waals surface area contributed by atoms with Crippen LogP contribution in [0.2, 0.25) is 0 Å². The van der Waals surface area contributed by atoms with Crippen LogP contribution in [-0.2, 0) is 0 Å². The summed E-state index contributed by atoms with van der Waals surface area (Å²) in [5, 5.41) is 2.29. The molecule has 53 valence electrons. The van der Waals surface area contributed by atoms with E-state index in [2.05, 4.69) is 18.7 Å². The van der Waals surface area contributed by atoms with Gasteiger partial charge in [0.1, 0.15) is 0 Å². The van der Waals surface area contributed by atoms with E-state index in [0.717, 1.165) is 10.3 Å². The first-order valence-corrected chi connectivity index (χ1v) is 3.91. The van der Waals surface area contributed by atoms with Crippen LogP contribution in [0, 0.1) is 6.07 Å². The van der Waals surface area contributed by atoms with E-state index in [-0.39, 0.29) is 0 Å². The van der Waals surface area contributed by atoms with Crippen LogP contribution in [0.5, 0.6) is 0 Å². The van der Waals surface area contributed by atoms with E-state index in [0.29, 0.717) is 0 Å². The van der Waals surface area contributed by atoms with Gasteiger partial charge in [0, 0.05) is 4.90 Å². The molecule has 0 atom stereocenters. The van der Waals surface area contributed by atoms with Gasteiger partial charge in [0.15, 0.2) is 0 Å². The third-order valence-electron chi connectivity index (χ3n) is 1.68. The molecule has 1 heteroatoms. The number of benzene rings is 2. The second kappa shape index (κ2) is 2.59. The molecule has 0 amide bonds. The fourth-order valence-electron chi connectivity index (χ4n) is 1.13. The minimum atomic E-state index is 1.01. The highest BCUT2D eigenvalue weighted by Gasteiger charge is 1.93. The van der Waals surface area contributed by atoms with Crippen molar-refractivity contribution in [2.24, 2.45) is 0 Å². The highest BCUT2D eigenvalue weighted by atomic mass is 32.1. The molecular formula is C10H7S. The summed E-state index contributed by atoms with van der Waals surface area (Å²) in [7, 11) is 0. The van der Waals surface area contributed by atoms with E-state index in [1.165, 1.54) is 5.39 Å². The Labute approximate surface area is 71.3 Å². The Morgan fingerprint density at radius 2 is 1.91 bits per heavy atom. The van der Waals surface area contributed by atoms with Crippen molar-refractivity contribution < 1.29 is 0 Å². The zero-order chi connectivity index (χ0) is 7.68. The summed E-state index contributed by atoms with van der Waals surface area (Å²) in [5.74, 6) is 0. The average Bonchev–Trinajstić information content (AvgIpc) is 2.06. The fraction of sp³-hybridized carbons (Fsp3) is 0. The summed E-state index contributed by atoms with van der Waals surface area (Å²) in [6.07, 6.45) is 0. The topological polar surface area (TPSA) is 0 Å². The molecule has 0 N–H and O–H groups in total. The van der Waals surface area contributed by atoms with Gasteiger partial charge in [0.25, 0.3) is 0 Å². The maximum Gasteiger partial charge on any atom is 0.0119 e. The third-order valence-corrected chi connectivity index (χ3v) is 2.07. The predicted octanol–water partition coefficient (Wildman–Crippen LogP) is 2.93. The van der Waals surface area contributed by atoms with Gasteiger partial charge in [0.2, 0.25) is 0 Å². The molecule has 0 aliphatic rings. The molecule has 0 nitrogen and oxygen atoms in total. The van der Waals surface area contributed by atoms with Crippen molar-refractivity contribution >= 4 is 23.4 Å². The summed E-state index contributed by atoms with van der Waals surface area (Å²) in [6.45, 7) is 0. The molecule has 0 spiro atoms. The minimum Gasteiger partial charge on any atom is -0.143 e. The first kappa shape index (κ1) is 6.74. The Hall–Kier alpha value is -0.950. The highest BCUT2D eigenvalue weighted by Crippen LogP contribution is 2.20. The maximum atomic E-state index is 4.33. The second-order valence-electron chi connectivity index (χ2n) is 2.41. The van der Waals surface area contributed by atoms with Gasteiger partial charge in [0.05, 0.1) is 0 Å². The molecule has 0 heterocycles. The molecule has 0 saturated heterocycles. The Morgan fingerprint density at radius 3 is 2.73 bits per heavy atom. The molecule has 2 aromatic carbocycles. The van der Waals surface area contributed by atoms with Crippen LogP contribution >= 0.6 is 12.6 Å². The van der Waals surface area contributed by atoms with E-state index in [4.69, 9.17) is 0 Å². The molecule has 0 bridgehead atoms. The Balaban J connectivity index is 2.91. The quantitative estimate of drug-likeness (QED) is 0.561. The first-order chi connectivity index (χ1) is 5.38. The van der Waals surface area contributed by atoms with Crippen molar-refractivity contribution in [1.82, 2.24) is 0 Å². The van der Waals surface area contributed by atoms with Gasteiger partial charge in [-0.2, -0.15) is 0 Å². The van der Waals surface area contributed by atoms with Crippen LogP contribution in [0.25, 0.3) is 10.8 Å². The van der Waals surface area contributed by atoms with E-state index < -0.39 is 0 Å². The fourth-order valence-corrected chi connectivity index (χ4v) is 1.40. The lowest BCUT2D eigenvalue weighted by Gasteiger charge is -1.97. The summed E-state index contributed by atoms with van der Waals surface area (Å²) in [4.78, 5) is 1.01.